The lowest BCUT2D eigenvalue weighted by atomic mass is 10.1. The molecule has 4 aromatic rings. The Morgan fingerprint density at radius 2 is 1.74 bits per heavy atom. The van der Waals surface area contributed by atoms with Crippen LogP contribution in [0.1, 0.15) is 10.4 Å². The highest BCUT2D eigenvalue weighted by molar-refractivity contribution is 6.10. The molecular weight excluding hydrogens is 398 g/mol. The lowest BCUT2D eigenvalue weighted by Crippen LogP contribution is -2.26. The van der Waals surface area contributed by atoms with Crippen LogP contribution in [-0.2, 0) is 11.3 Å². The van der Waals surface area contributed by atoms with E-state index < -0.39 is 17.6 Å². The molecule has 8 heteroatoms. The number of ether oxygens (including phenoxy) is 1. The number of nitrogens with one attached hydrogen (secondary N) is 2. The summed E-state index contributed by atoms with van der Waals surface area (Å²) in [6, 6.07) is 20.4. The maximum Gasteiger partial charge on any atom is 0.420 e. The van der Waals surface area contributed by atoms with Gasteiger partial charge in [-0.15, -0.1) is 0 Å². The quantitative estimate of drug-likeness (QED) is 0.500. The van der Waals surface area contributed by atoms with Crippen molar-refractivity contribution in [3.8, 4) is 5.75 Å². The summed E-state index contributed by atoms with van der Waals surface area (Å²) in [5.74, 6) is -0.872. The summed E-state index contributed by atoms with van der Waals surface area (Å²) < 4.78 is 11.6. The first-order valence-corrected chi connectivity index (χ1v) is 9.48. The molecule has 8 nitrogen and oxygen atoms in total. The summed E-state index contributed by atoms with van der Waals surface area (Å²) in [6.45, 7) is -0.248. The molecule has 0 aliphatic rings. The van der Waals surface area contributed by atoms with Gasteiger partial charge in [-0.05, 0) is 36.4 Å². The smallest absolute Gasteiger partial charge is 0.420 e. The predicted molar refractivity (Wildman–Crippen MR) is 116 cm³/mol. The number of benzene rings is 3. The van der Waals surface area contributed by atoms with Crippen LogP contribution in [0.15, 0.2) is 82.0 Å². The minimum absolute atomic E-state index is 0.248. The highest BCUT2D eigenvalue weighted by Crippen LogP contribution is 2.21. The molecule has 31 heavy (non-hydrogen) atoms. The van der Waals surface area contributed by atoms with Gasteiger partial charge in [-0.2, -0.15) is 0 Å². The van der Waals surface area contributed by atoms with Gasteiger partial charge >= 0.3 is 5.76 Å². The molecule has 1 heterocycles. The number of amides is 2. The van der Waals surface area contributed by atoms with Gasteiger partial charge in [0.05, 0.1) is 23.9 Å². The highest BCUT2D eigenvalue weighted by atomic mass is 16.5. The maximum absolute atomic E-state index is 12.8. The Kier molecular flexibility index (Phi) is 5.53. The molecule has 0 fully saturated rings. The third-order valence-corrected chi connectivity index (χ3v) is 4.65. The lowest BCUT2D eigenvalue weighted by Gasteiger charge is -2.12. The zero-order valence-corrected chi connectivity index (χ0v) is 16.6. The predicted octanol–water partition coefficient (Wildman–Crippen LogP) is 3.49. The molecular formula is C23H19N3O5. The molecule has 0 aliphatic carbocycles. The number of hydrogen-bond donors (Lipinski definition) is 2. The zero-order chi connectivity index (χ0) is 21.8. The Hall–Kier alpha value is -4.33. The molecule has 0 unspecified atom stereocenters. The topological polar surface area (TPSA) is 103 Å². The molecule has 156 valence electrons. The molecule has 0 spiro atoms. The molecule has 0 aliphatic heterocycles. The molecule has 0 saturated carbocycles. The van der Waals surface area contributed by atoms with Gasteiger partial charge in [0.25, 0.3) is 5.91 Å². The average Bonchev–Trinajstić information content (AvgIpc) is 3.09. The molecule has 0 saturated heterocycles. The van der Waals surface area contributed by atoms with Crippen LogP contribution >= 0.6 is 0 Å². The molecule has 0 radical (unpaired) electrons. The molecule has 1 aromatic heterocycles. The minimum Gasteiger partial charge on any atom is -0.497 e. The van der Waals surface area contributed by atoms with Crippen LogP contribution in [0.4, 0.5) is 11.4 Å². The Morgan fingerprint density at radius 1 is 0.968 bits per heavy atom. The van der Waals surface area contributed by atoms with Gasteiger partial charge in [-0.1, -0.05) is 30.3 Å². The first-order chi connectivity index (χ1) is 15.0. The fourth-order valence-electron chi connectivity index (χ4n) is 3.19. The summed E-state index contributed by atoms with van der Waals surface area (Å²) in [7, 11) is 1.54. The van der Waals surface area contributed by atoms with Gasteiger partial charge < -0.3 is 19.8 Å². The number of oxazole rings is 1. The number of nitrogens with zero attached hydrogens (tertiary/aromatic N) is 1. The lowest BCUT2D eigenvalue weighted by molar-refractivity contribution is -0.116. The fraction of sp³-hybridized carbons (Fsp3) is 0.0870. The van der Waals surface area contributed by atoms with E-state index >= 15 is 0 Å². The number of hydrogen-bond acceptors (Lipinski definition) is 5. The fourth-order valence-corrected chi connectivity index (χ4v) is 3.19. The maximum atomic E-state index is 12.8. The number of rotatable bonds is 6. The third kappa shape index (κ3) is 4.32. The normalized spacial score (nSPS) is 10.6. The second kappa shape index (κ2) is 8.58. The standard InChI is InChI=1S/C23H19N3O5/c1-30-16-8-6-7-15(13-16)24-22(28)17-9-2-3-10-18(17)25-21(27)14-26-19-11-4-5-12-20(19)31-23(26)29/h2-13H,14H2,1H3,(H,24,28)(H,25,27). The van der Waals surface area contributed by atoms with Gasteiger partial charge in [0.2, 0.25) is 5.91 Å². The van der Waals surface area contributed by atoms with Crippen LogP contribution in [0.3, 0.4) is 0 Å². The van der Waals surface area contributed by atoms with E-state index in [-0.39, 0.29) is 12.1 Å². The van der Waals surface area contributed by atoms with E-state index in [1.807, 2.05) is 0 Å². The van der Waals surface area contributed by atoms with E-state index in [9.17, 15) is 14.4 Å². The van der Waals surface area contributed by atoms with Crippen molar-refractivity contribution in [2.24, 2.45) is 0 Å². The van der Waals surface area contributed by atoms with Gasteiger partial charge in [0, 0.05) is 11.8 Å². The number of aromatic nitrogens is 1. The van der Waals surface area contributed by atoms with Crippen molar-refractivity contribution >= 4 is 34.3 Å². The largest absolute Gasteiger partial charge is 0.497 e. The third-order valence-electron chi connectivity index (χ3n) is 4.65. The van der Waals surface area contributed by atoms with Crippen LogP contribution < -0.4 is 21.1 Å². The minimum atomic E-state index is -0.625. The van der Waals surface area contributed by atoms with Crippen molar-refractivity contribution in [3.63, 3.8) is 0 Å². The van der Waals surface area contributed by atoms with E-state index in [2.05, 4.69) is 10.6 Å². The highest BCUT2D eigenvalue weighted by Gasteiger charge is 2.16. The summed E-state index contributed by atoms with van der Waals surface area (Å²) >= 11 is 0. The van der Waals surface area contributed by atoms with E-state index in [0.29, 0.717) is 28.2 Å². The Morgan fingerprint density at radius 3 is 2.58 bits per heavy atom. The number of carbonyl (C=O) groups is 2. The summed E-state index contributed by atoms with van der Waals surface area (Å²) in [5, 5.41) is 5.49. The van der Waals surface area contributed by atoms with Crippen LogP contribution in [0.5, 0.6) is 5.75 Å². The van der Waals surface area contributed by atoms with Crippen molar-refractivity contribution < 1.29 is 18.7 Å². The molecule has 0 atom stereocenters. The summed E-state index contributed by atoms with van der Waals surface area (Å²) in [6.07, 6.45) is 0. The van der Waals surface area contributed by atoms with Crippen LogP contribution in [0, 0.1) is 0 Å². The molecule has 4 rings (SSSR count). The van der Waals surface area contributed by atoms with Crippen LogP contribution in [-0.4, -0.2) is 23.5 Å². The van der Waals surface area contributed by atoms with Crippen molar-refractivity contribution in [1.82, 2.24) is 4.57 Å². The number of methoxy groups -OCH3 is 1. The van der Waals surface area contributed by atoms with Crippen molar-refractivity contribution in [2.75, 3.05) is 17.7 Å². The Labute approximate surface area is 177 Å². The molecule has 2 N–H and O–H groups in total. The number of anilines is 2. The van der Waals surface area contributed by atoms with Gasteiger partial charge in [0.1, 0.15) is 12.3 Å². The van der Waals surface area contributed by atoms with Gasteiger partial charge in [-0.3, -0.25) is 14.2 Å². The molecule has 3 aromatic carbocycles. The number of para-hydroxylation sites is 3. The number of carbonyl (C=O) groups excluding carboxylic acids is 2. The van der Waals surface area contributed by atoms with E-state index in [0.717, 1.165) is 0 Å². The number of fused-ring (bicyclic) bond motifs is 1. The Bertz CT molecular complexity index is 1320. The Balaban J connectivity index is 1.53. The van der Waals surface area contributed by atoms with Crippen molar-refractivity contribution in [2.45, 2.75) is 6.54 Å². The zero-order valence-electron chi connectivity index (χ0n) is 16.6. The van der Waals surface area contributed by atoms with Crippen LogP contribution in [0.25, 0.3) is 11.1 Å². The van der Waals surface area contributed by atoms with Crippen molar-refractivity contribution in [3.05, 3.63) is 88.9 Å². The SMILES string of the molecule is COc1cccc(NC(=O)c2ccccc2NC(=O)Cn2c(=O)oc3ccccc32)c1. The van der Waals surface area contributed by atoms with Crippen LogP contribution in [0.2, 0.25) is 0 Å². The van der Waals surface area contributed by atoms with Gasteiger partial charge in [-0.25, -0.2) is 4.79 Å². The summed E-state index contributed by atoms with van der Waals surface area (Å²) in [5.41, 5.74) is 2.09. The first kappa shape index (κ1) is 20.0. The van der Waals surface area contributed by atoms with E-state index in [4.69, 9.17) is 9.15 Å². The second-order valence-electron chi connectivity index (χ2n) is 6.70. The second-order valence-corrected chi connectivity index (χ2v) is 6.70. The summed E-state index contributed by atoms with van der Waals surface area (Å²) in [4.78, 5) is 37.5. The average molecular weight is 417 g/mol. The molecule has 0 bridgehead atoms. The van der Waals surface area contributed by atoms with E-state index in [1.165, 1.54) is 4.57 Å². The van der Waals surface area contributed by atoms with E-state index in [1.54, 1.807) is 79.9 Å². The molecule has 2 amide bonds. The monoisotopic (exact) mass is 417 g/mol. The van der Waals surface area contributed by atoms with Gasteiger partial charge in [0.15, 0.2) is 5.58 Å². The first-order valence-electron chi connectivity index (χ1n) is 9.48. The van der Waals surface area contributed by atoms with Crippen molar-refractivity contribution in [1.29, 1.82) is 0 Å².